The van der Waals surface area contributed by atoms with E-state index in [2.05, 4.69) is 20.3 Å². The summed E-state index contributed by atoms with van der Waals surface area (Å²) in [7, 11) is 0. The Balaban J connectivity index is 0.00000121. The first-order valence-corrected chi connectivity index (χ1v) is 6.25. The molecule has 20 heavy (non-hydrogen) atoms. The third-order valence-electron chi connectivity index (χ3n) is 3.55. The Morgan fingerprint density at radius 3 is 2.95 bits per heavy atom. The number of amides is 1. The van der Waals surface area contributed by atoms with Crippen LogP contribution in [0.3, 0.4) is 0 Å². The highest BCUT2D eigenvalue weighted by atomic mass is 35.5. The second-order valence-electron chi connectivity index (χ2n) is 4.68. The van der Waals surface area contributed by atoms with Gasteiger partial charge in [0.1, 0.15) is 5.65 Å². The van der Waals surface area contributed by atoms with Gasteiger partial charge in [-0.2, -0.15) is 0 Å². The summed E-state index contributed by atoms with van der Waals surface area (Å²) >= 11 is 0. The van der Waals surface area contributed by atoms with Gasteiger partial charge in [0.15, 0.2) is 0 Å². The molecule has 0 spiro atoms. The van der Waals surface area contributed by atoms with Crippen molar-refractivity contribution in [2.24, 2.45) is 0 Å². The summed E-state index contributed by atoms with van der Waals surface area (Å²) in [6, 6.07) is 5.88. The number of carbonyl (C=O) groups excluding carboxylic acids is 1. The minimum Gasteiger partial charge on any atom is -0.358 e. The molecule has 0 saturated heterocycles. The number of nitrogens with zero attached hydrogens (tertiary/aromatic N) is 1. The number of fused-ring (bicyclic) bond motifs is 2. The summed E-state index contributed by atoms with van der Waals surface area (Å²) in [6.45, 7) is 0.696. The average Bonchev–Trinajstić information content (AvgIpc) is 3.05. The van der Waals surface area contributed by atoms with Crippen LogP contribution in [0.15, 0.2) is 30.6 Å². The number of aromatic amines is 2. The SMILES string of the molecule is Cl.O=C1NCCc2[nH]c(-c3ccnc4[nH]ccc34)cc21. The van der Waals surface area contributed by atoms with Gasteiger partial charge in [-0.05, 0) is 18.2 Å². The van der Waals surface area contributed by atoms with Crippen molar-refractivity contribution in [3.63, 3.8) is 0 Å². The quantitative estimate of drug-likeness (QED) is 0.642. The fourth-order valence-electron chi connectivity index (χ4n) is 2.63. The smallest absolute Gasteiger partial charge is 0.253 e. The molecule has 0 radical (unpaired) electrons. The fraction of sp³-hybridized carbons (Fsp3) is 0.143. The van der Waals surface area contributed by atoms with E-state index in [0.29, 0.717) is 6.54 Å². The third kappa shape index (κ3) is 1.78. The molecule has 1 amide bonds. The van der Waals surface area contributed by atoms with Gasteiger partial charge >= 0.3 is 0 Å². The van der Waals surface area contributed by atoms with Crippen LogP contribution in [0.25, 0.3) is 22.3 Å². The average molecular weight is 289 g/mol. The van der Waals surface area contributed by atoms with Gasteiger partial charge in [-0.25, -0.2) is 4.98 Å². The molecular weight excluding hydrogens is 276 g/mol. The number of hydrogen-bond donors (Lipinski definition) is 3. The molecule has 3 aromatic heterocycles. The molecule has 4 rings (SSSR count). The summed E-state index contributed by atoms with van der Waals surface area (Å²) in [5, 5.41) is 3.91. The maximum atomic E-state index is 11.8. The third-order valence-corrected chi connectivity index (χ3v) is 3.55. The Bertz CT molecular complexity index is 789. The summed E-state index contributed by atoms with van der Waals surface area (Å²) in [5.41, 5.74) is 4.65. The zero-order valence-electron chi connectivity index (χ0n) is 10.6. The van der Waals surface area contributed by atoms with E-state index in [0.717, 1.165) is 40.0 Å². The molecule has 0 aliphatic carbocycles. The zero-order chi connectivity index (χ0) is 12.8. The molecule has 4 heterocycles. The van der Waals surface area contributed by atoms with Crippen molar-refractivity contribution < 1.29 is 4.79 Å². The van der Waals surface area contributed by atoms with Crippen LogP contribution in [-0.4, -0.2) is 27.4 Å². The first-order valence-electron chi connectivity index (χ1n) is 6.25. The lowest BCUT2D eigenvalue weighted by atomic mass is 10.1. The molecule has 0 aromatic carbocycles. The fourth-order valence-corrected chi connectivity index (χ4v) is 2.63. The predicted molar refractivity (Wildman–Crippen MR) is 79.2 cm³/mol. The van der Waals surface area contributed by atoms with Gasteiger partial charge in [-0.1, -0.05) is 0 Å². The molecule has 6 heteroatoms. The van der Waals surface area contributed by atoms with Crippen molar-refractivity contribution in [3.8, 4) is 11.3 Å². The predicted octanol–water partition coefficient (Wildman–Crippen LogP) is 2.27. The van der Waals surface area contributed by atoms with Crippen molar-refractivity contribution in [3.05, 3.63) is 41.9 Å². The molecule has 102 valence electrons. The molecule has 5 nitrogen and oxygen atoms in total. The van der Waals surface area contributed by atoms with Gasteiger partial charge in [-0.3, -0.25) is 4.79 Å². The molecule has 1 aliphatic heterocycles. The Morgan fingerprint density at radius 1 is 1.20 bits per heavy atom. The highest BCUT2D eigenvalue weighted by molar-refractivity contribution is 5.99. The summed E-state index contributed by atoms with van der Waals surface area (Å²) in [6.07, 6.45) is 4.49. The van der Waals surface area contributed by atoms with Crippen molar-refractivity contribution in [2.75, 3.05) is 6.54 Å². The minimum absolute atomic E-state index is 0. The highest BCUT2D eigenvalue weighted by Gasteiger charge is 2.20. The van der Waals surface area contributed by atoms with Crippen LogP contribution in [0.4, 0.5) is 0 Å². The molecule has 0 unspecified atom stereocenters. The van der Waals surface area contributed by atoms with E-state index in [9.17, 15) is 4.79 Å². The highest BCUT2D eigenvalue weighted by Crippen LogP contribution is 2.28. The van der Waals surface area contributed by atoms with Crippen LogP contribution in [0.1, 0.15) is 16.1 Å². The lowest BCUT2D eigenvalue weighted by Crippen LogP contribution is -2.31. The molecule has 0 bridgehead atoms. The largest absolute Gasteiger partial charge is 0.358 e. The number of carbonyl (C=O) groups is 1. The lowest BCUT2D eigenvalue weighted by Gasteiger charge is -2.10. The number of rotatable bonds is 1. The zero-order valence-corrected chi connectivity index (χ0v) is 11.4. The Hall–Kier alpha value is -2.27. The number of nitrogens with one attached hydrogen (secondary N) is 3. The summed E-state index contributed by atoms with van der Waals surface area (Å²) in [4.78, 5) is 22.5. The second-order valence-corrected chi connectivity index (χ2v) is 4.68. The molecule has 0 saturated carbocycles. The first-order chi connectivity index (χ1) is 9.33. The monoisotopic (exact) mass is 288 g/mol. The number of H-pyrrole nitrogens is 2. The number of hydrogen-bond acceptors (Lipinski definition) is 2. The van der Waals surface area contributed by atoms with Crippen LogP contribution >= 0.6 is 12.4 Å². The van der Waals surface area contributed by atoms with Crippen molar-refractivity contribution >= 4 is 29.3 Å². The van der Waals surface area contributed by atoms with Gasteiger partial charge < -0.3 is 15.3 Å². The van der Waals surface area contributed by atoms with Crippen LogP contribution < -0.4 is 5.32 Å². The van der Waals surface area contributed by atoms with E-state index in [1.807, 2.05) is 24.4 Å². The number of halogens is 1. The van der Waals surface area contributed by atoms with E-state index in [1.54, 1.807) is 6.20 Å². The topological polar surface area (TPSA) is 73.6 Å². The van der Waals surface area contributed by atoms with Crippen LogP contribution in [0.2, 0.25) is 0 Å². The maximum absolute atomic E-state index is 11.8. The first kappa shape index (κ1) is 12.7. The summed E-state index contributed by atoms with van der Waals surface area (Å²) < 4.78 is 0. The van der Waals surface area contributed by atoms with E-state index < -0.39 is 0 Å². The molecule has 0 atom stereocenters. The Labute approximate surface area is 121 Å². The standard InChI is InChI=1S/C14H12N4O.ClH/c19-14-10-7-12(18-11(10)3-6-17-14)8-1-4-15-13-9(8)2-5-16-13;/h1-2,4-5,7,18H,3,6H2,(H,15,16)(H,17,19);1H. The van der Waals surface area contributed by atoms with Crippen molar-refractivity contribution in [2.45, 2.75) is 6.42 Å². The van der Waals surface area contributed by atoms with Crippen LogP contribution in [-0.2, 0) is 6.42 Å². The van der Waals surface area contributed by atoms with E-state index in [1.165, 1.54) is 0 Å². The Morgan fingerprint density at radius 2 is 2.10 bits per heavy atom. The normalized spacial score (nSPS) is 13.7. The molecule has 0 fully saturated rings. The number of pyridine rings is 1. The van der Waals surface area contributed by atoms with E-state index >= 15 is 0 Å². The van der Waals surface area contributed by atoms with E-state index in [-0.39, 0.29) is 18.3 Å². The van der Waals surface area contributed by atoms with Crippen molar-refractivity contribution in [1.29, 1.82) is 0 Å². The molecule has 1 aliphatic rings. The van der Waals surface area contributed by atoms with Crippen molar-refractivity contribution in [1.82, 2.24) is 20.3 Å². The van der Waals surface area contributed by atoms with Gasteiger partial charge in [0.2, 0.25) is 0 Å². The van der Waals surface area contributed by atoms with E-state index in [4.69, 9.17) is 0 Å². The molecule has 3 N–H and O–H groups in total. The maximum Gasteiger partial charge on any atom is 0.253 e. The Kier molecular flexibility index (Phi) is 2.99. The molecular formula is C14H13ClN4O. The van der Waals surface area contributed by atoms with Gasteiger partial charge in [0.05, 0.1) is 5.56 Å². The van der Waals surface area contributed by atoms with Gasteiger partial charge in [0.25, 0.3) is 5.91 Å². The van der Waals surface area contributed by atoms with Gasteiger partial charge in [-0.15, -0.1) is 12.4 Å². The summed E-state index contributed by atoms with van der Waals surface area (Å²) in [5.74, 6) is 0.00289. The van der Waals surface area contributed by atoms with Crippen LogP contribution in [0.5, 0.6) is 0 Å². The van der Waals surface area contributed by atoms with Crippen LogP contribution in [0, 0.1) is 0 Å². The second kappa shape index (κ2) is 4.68. The molecule has 3 aromatic rings. The number of aromatic nitrogens is 3. The lowest BCUT2D eigenvalue weighted by molar-refractivity contribution is 0.0946. The van der Waals surface area contributed by atoms with Gasteiger partial charge in [0, 0.05) is 47.7 Å². The minimum atomic E-state index is 0.